The molecular weight excluding hydrogens is 344 g/mol. The molecule has 2 atom stereocenters. The molecule has 2 heterocycles. The van der Waals surface area contributed by atoms with Crippen LogP contribution in [0, 0.1) is 5.21 Å². The van der Waals surface area contributed by atoms with E-state index in [-0.39, 0.29) is 22.6 Å². The fourth-order valence-corrected chi connectivity index (χ4v) is 5.81. The number of fused-ring (bicyclic) bond motifs is 1. The van der Waals surface area contributed by atoms with E-state index >= 15 is 0 Å². The van der Waals surface area contributed by atoms with Crippen LogP contribution in [0.25, 0.3) is 10.1 Å². The van der Waals surface area contributed by atoms with Crippen molar-refractivity contribution in [2.24, 2.45) is 0 Å². The van der Waals surface area contributed by atoms with Gasteiger partial charge in [0, 0.05) is 31.0 Å². The molecule has 5 heteroatoms. The van der Waals surface area contributed by atoms with Crippen molar-refractivity contribution in [1.29, 1.82) is 0 Å². The zero-order valence-electron chi connectivity index (χ0n) is 15.5. The molecule has 1 amide bonds. The quantitative estimate of drug-likeness (QED) is 0.592. The zero-order chi connectivity index (χ0) is 18.1. The standard InChI is InChI=1S/C21H28N2O2S/c1-22(18-8-2-3-9-19(18)23(25)12-4-5-13-23)21(24)15-16-7-6-10-20-17(16)11-14-26-20/h6-7,10-11,14,18-19H,2-5,8-9,12-13,15H2,1H3/t18-,19-/m1/s1. The molecule has 26 heavy (non-hydrogen) atoms. The minimum atomic E-state index is -0.0671. The van der Waals surface area contributed by atoms with Gasteiger partial charge in [-0.3, -0.25) is 4.79 Å². The molecule has 2 aromatic rings. The Bertz CT molecular complexity index is 781. The molecule has 1 aromatic heterocycles. The molecule has 140 valence electrons. The van der Waals surface area contributed by atoms with Crippen molar-refractivity contribution in [3.05, 3.63) is 40.4 Å². The summed E-state index contributed by atoms with van der Waals surface area (Å²) in [6.07, 6.45) is 6.67. The number of thiophene rings is 1. The van der Waals surface area contributed by atoms with Crippen LogP contribution >= 0.6 is 11.3 Å². The highest BCUT2D eigenvalue weighted by atomic mass is 32.1. The number of hydroxylamine groups is 3. The van der Waals surface area contributed by atoms with E-state index in [0.29, 0.717) is 6.42 Å². The second kappa shape index (κ2) is 7.29. The third-order valence-electron chi connectivity index (χ3n) is 6.44. The maximum absolute atomic E-state index is 13.3. The second-order valence-electron chi connectivity index (χ2n) is 7.96. The number of carbonyl (C=O) groups is 1. The third kappa shape index (κ3) is 3.28. The molecule has 0 unspecified atom stereocenters. The van der Waals surface area contributed by atoms with E-state index in [0.717, 1.165) is 57.2 Å². The van der Waals surface area contributed by atoms with Gasteiger partial charge >= 0.3 is 0 Å². The van der Waals surface area contributed by atoms with Crippen molar-refractivity contribution in [3.8, 4) is 0 Å². The number of amides is 1. The van der Waals surface area contributed by atoms with Crippen LogP contribution in [0.3, 0.4) is 0 Å². The van der Waals surface area contributed by atoms with Gasteiger partial charge in [0.05, 0.1) is 25.6 Å². The normalized spacial score (nSPS) is 25.5. The SMILES string of the molecule is CN(C(=O)Cc1cccc2sccc12)[C@@H]1CCCC[C@H]1[N+]1([O-])CCCC1. The van der Waals surface area contributed by atoms with Gasteiger partial charge in [-0.15, -0.1) is 11.3 Å². The smallest absolute Gasteiger partial charge is 0.227 e. The van der Waals surface area contributed by atoms with Crippen molar-refractivity contribution >= 4 is 27.3 Å². The molecule has 1 saturated heterocycles. The maximum Gasteiger partial charge on any atom is 0.227 e. The van der Waals surface area contributed by atoms with Crippen molar-refractivity contribution in [2.45, 2.75) is 57.0 Å². The van der Waals surface area contributed by atoms with Gasteiger partial charge in [-0.25, -0.2) is 0 Å². The predicted octanol–water partition coefficient (Wildman–Crippen LogP) is 4.32. The summed E-state index contributed by atoms with van der Waals surface area (Å²) < 4.78 is 1.16. The molecule has 4 rings (SSSR count). The highest BCUT2D eigenvalue weighted by molar-refractivity contribution is 7.17. The van der Waals surface area contributed by atoms with Gasteiger partial charge in [-0.05, 0) is 41.3 Å². The highest BCUT2D eigenvalue weighted by Gasteiger charge is 2.42. The molecule has 1 aliphatic carbocycles. The number of hydrogen-bond acceptors (Lipinski definition) is 3. The minimum absolute atomic E-state index is 0.0668. The fourth-order valence-electron chi connectivity index (χ4n) is 4.98. The number of carbonyl (C=O) groups excluding carboxylic acids is 1. The summed E-state index contributed by atoms with van der Waals surface area (Å²) in [6.45, 7) is 1.47. The van der Waals surface area contributed by atoms with Crippen LogP contribution in [-0.4, -0.2) is 47.7 Å². The van der Waals surface area contributed by atoms with Gasteiger partial charge < -0.3 is 14.8 Å². The summed E-state index contributed by atoms with van der Waals surface area (Å²) in [7, 11) is 1.92. The van der Waals surface area contributed by atoms with Crippen LogP contribution < -0.4 is 0 Å². The van der Waals surface area contributed by atoms with Crippen molar-refractivity contribution in [1.82, 2.24) is 4.90 Å². The average Bonchev–Trinajstić information content (AvgIpc) is 3.31. The van der Waals surface area contributed by atoms with Gasteiger partial charge in [0.25, 0.3) is 0 Å². The summed E-state index contributed by atoms with van der Waals surface area (Å²) in [5.74, 6) is 0.145. The lowest BCUT2D eigenvalue weighted by molar-refractivity contribution is -0.897. The lowest BCUT2D eigenvalue weighted by Gasteiger charge is -2.52. The van der Waals surface area contributed by atoms with E-state index in [1.54, 1.807) is 11.3 Å². The first-order valence-electron chi connectivity index (χ1n) is 9.87. The Balaban J connectivity index is 1.52. The summed E-state index contributed by atoms with van der Waals surface area (Å²) in [6, 6.07) is 8.46. The fraction of sp³-hybridized carbons (Fsp3) is 0.571. The molecule has 0 radical (unpaired) electrons. The molecule has 0 spiro atoms. The molecule has 2 fully saturated rings. The van der Waals surface area contributed by atoms with Gasteiger partial charge in [-0.1, -0.05) is 18.6 Å². The number of rotatable bonds is 4. The third-order valence-corrected chi connectivity index (χ3v) is 7.32. The number of quaternary nitrogens is 1. The Labute approximate surface area is 159 Å². The van der Waals surface area contributed by atoms with Crippen LogP contribution in [0.4, 0.5) is 0 Å². The molecule has 2 aliphatic rings. The Morgan fingerprint density at radius 1 is 1.19 bits per heavy atom. The van der Waals surface area contributed by atoms with Crippen LogP contribution in [0.5, 0.6) is 0 Å². The summed E-state index contributed by atoms with van der Waals surface area (Å²) >= 11 is 1.71. The molecule has 1 aromatic carbocycles. The Hall–Kier alpha value is -1.43. The van der Waals surface area contributed by atoms with E-state index < -0.39 is 0 Å². The van der Waals surface area contributed by atoms with E-state index in [1.165, 1.54) is 10.1 Å². The van der Waals surface area contributed by atoms with Crippen LogP contribution in [0.15, 0.2) is 29.6 Å². The Morgan fingerprint density at radius 2 is 1.96 bits per heavy atom. The van der Waals surface area contributed by atoms with E-state index in [1.807, 2.05) is 18.0 Å². The summed E-state index contributed by atoms with van der Waals surface area (Å²) in [5.41, 5.74) is 1.10. The van der Waals surface area contributed by atoms with E-state index in [4.69, 9.17) is 0 Å². The Kier molecular flexibility index (Phi) is 5.04. The predicted molar refractivity (Wildman–Crippen MR) is 107 cm³/mol. The number of benzene rings is 1. The zero-order valence-corrected chi connectivity index (χ0v) is 16.3. The van der Waals surface area contributed by atoms with Gasteiger partial charge in [-0.2, -0.15) is 0 Å². The minimum Gasteiger partial charge on any atom is -0.633 e. The Morgan fingerprint density at radius 3 is 2.77 bits per heavy atom. The van der Waals surface area contributed by atoms with Gasteiger partial charge in [0.1, 0.15) is 6.04 Å². The number of likely N-dealkylation sites (tertiary alicyclic amines) is 1. The molecular formula is C21H28N2O2S. The van der Waals surface area contributed by atoms with Crippen molar-refractivity contribution in [3.63, 3.8) is 0 Å². The lowest BCUT2D eigenvalue weighted by atomic mass is 9.87. The maximum atomic E-state index is 13.3. The van der Waals surface area contributed by atoms with Gasteiger partial charge in [0.2, 0.25) is 5.91 Å². The lowest BCUT2D eigenvalue weighted by Crippen LogP contribution is -2.60. The highest BCUT2D eigenvalue weighted by Crippen LogP contribution is 2.34. The summed E-state index contributed by atoms with van der Waals surface area (Å²) in [4.78, 5) is 15.0. The van der Waals surface area contributed by atoms with E-state index in [2.05, 4.69) is 23.6 Å². The molecule has 0 bridgehead atoms. The van der Waals surface area contributed by atoms with Crippen LogP contribution in [-0.2, 0) is 11.2 Å². The second-order valence-corrected chi connectivity index (χ2v) is 8.90. The van der Waals surface area contributed by atoms with Crippen LogP contribution in [0.2, 0.25) is 0 Å². The van der Waals surface area contributed by atoms with Crippen LogP contribution in [0.1, 0.15) is 44.1 Å². The molecule has 4 nitrogen and oxygen atoms in total. The average molecular weight is 373 g/mol. The topological polar surface area (TPSA) is 43.4 Å². The number of likely N-dealkylation sites (N-methyl/N-ethyl adjacent to an activating group) is 1. The van der Waals surface area contributed by atoms with Gasteiger partial charge in [0.15, 0.2) is 0 Å². The molecule has 1 saturated carbocycles. The number of hydrogen-bond donors (Lipinski definition) is 0. The first-order chi connectivity index (χ1) is 12.6. The van der Waals surface area contributed by atoms with Crippen molar-refractivity contribution < 1.29 is 9.44 Å². The number of nitrogens with zero attached hydrogens (tertiary/aromatic N) is 2. The first-order valence-corrected chi connectivity index (χ1v) is 10.7. The molecule has 0 N–H and O–H groups in total. The summed E-state index contributed by atoms with van der Waals surface area (Å²) in [5, 5.41) is 16.6. The monoisotopic (exact) mass is 372 g/mol. The van der Waals surface area contributed by atoms with E-state index in [9.17, 15) is 10.0 Å². The van der Waals surface area contributed by atoms with Crippen molar-refractivity contribution in [2.75, 3.05) is 20.1 Å². The largest absolute Gasteiger partial charge is 0.633 e. The first kappa shape index (κ1) is 18.0. The molecule has 1 aliphatic heterocycles.